The molecule has 8 nitrogen and oxygen atoms in total. The summed E-state index contributed by atoms with van der Waals surface area (Å²) in [5, 5.41) is 17.9. The van der Waals surface area contributed by atoms with Crippen molar-refractivity contribution in [2.75, 3.05) is 0 Å². The fourth-order valence-electron chi connectivity index (χ4n) is 1.69. The molecule has 0 amide bonds. The van der Waals surface area contributed by atoms with E-state index < -0.39 is 10.0 Å². The maximum absolute atomic E-state index is 11.6. The molecule has 0 bridgehead atoms. The molecule has 0 spiro atoms. The van der Waals surface area contributed by atoms with E-state index in [4.69, 9.17) is 5.14 Å². The fourth-order valence-corrected chi connectivity index (χ4v) is 2.73. The van der Waals surface area contributed by atoms with Gasteiger partial charge in [0.1, 0.15) is 5.69 Å². The zero-order chi connectivity index (χ0) is 14.2. The minimum absolute atomic E-state index is 0.272. The van der Waals surface area contributed by atoms with Gasteiger partial charge in [-0.15, -0.1) is 15.3 Å². The molecule has 0 atom stereocenters. The molecule has 3 rings (SSSR count). The smallest absolute Gasteiger partial charge is 0.263 e. The lowest BCUT2D eigenvalue weighted by atomic mass is 10.3. The van der Waals surface area contributed by atoms with Crippen molar-refractivity contribution in [2.45, 2.75) is 5.16 Å². The maximum Gasteiger partial charge on any atom is 0.274 e. The van der Waals surface area contributed by atoms with Crippen LogP contribution in [0.4, 0.5) is 0 Å². The third-order valence-corrected chi connectivity index (χ3v) is 3.77. The average Bonchev–Trinajstić information content (AvgIpc) is 3.07. The summed E-state index contributed by atoms with van der Waals surface area (Å²) in [5.74, 6) is 0.272. The van der Waals surface area contributed by atoms with Crippen molar-refractivity contribution < 1.29 is 8.42 Å². The van der Waals surface area contributed by atoms with Gasteiger partial charge in [0.25, 0.3) is 15.2 Å². The van der Waals surface area contributed by atoms with Crippen LogP contribution < -0.4 is 5.14 Å². The molecule has 2 aromatic heterocycles. The Labute approximate surface area is 118 Å². The predicted molar refractivity (Wildman–Crippen MR) is 71.6 cm³/mol. The number of hydrogen-bond donors (Lipinski definition) is 1. The molecule has 0 aliphatic carbocycles. The summed E-state index contributed by atoms with van der Waals surface area (Å²) in [5.41, 5.74) is 1.01. The molecule has 102 valence electrons. The summed E-state index contributed by atoms with van der Waals surface area (Å²) in [6.07, 6.45) is 0. The van der Waals surface area contributed by atoms with Gasteiger partial charge in [0.05, 0.1) is 5.69 Å². The van der Waals surface area contributed by atoms with Gasteiger partial charge in [0.15, 0.2) is 5.82 Å². The first-order chi connectivity index (χ1) is 9.57. The molecule has 0 aliphatic rings. The van der Waals surface area contributed by atoms with E-state index in [9.17, 15) is 8.42 Å². The highest BCUT2D eigenvalue weighted by Crippen LogP contribution is 2.23. The Morgan fingerprint density at radius 2 is 1.85 bits per heavy atom. The standard InChI is InChI=1S/C10H8N6O2S2/c11-20(17,18)10-14-13-9(8-6-19-15-12-8)16(10)7-4-2-1-3-5-7/h1-6H,(H2,11,17,18). The number of benzene rings is 1. The molecular formula is C10H8N6O2S2. The summed E-state index contributed by atoms with van der Waals surface area (Å²) in [6.45, 7) is 0. The summed E-state index contributed by atoms with van der Waals surface area (Å²) >= 11 is 1.13. The van der Waals surface area contributed by atoms with Gasteiger partial charge in [-0.25, -0.2) is 13.6 Å². The first-order valence-corrected chi connectivity index (χ1v) is 7.77. The van der Waals surface area contributed by atoms with Gasteiger partial charge < -0.3 is 0 Å². The molecule has 0 saturated carbocycles. The van der Waals surface area contributed by atoms with Gasteiger partial charge in [-0.1, -0.05) is 22.7 Å². The van der Waals surface area contributed by atoms with Gasteiger partial charge in [0, 0.05) is 5.38 Å². The Bertz CT molecular complexity index is 826. The third kappa shape index (κ3) is 2.19. The van der Waals surface area contributed by atoms with Crippen molar-refractivity contribution in [2.24, 2.45) is 5.14 Å². The van der Waals surface area contributed by atoms with E-state index in [0.29, 0.717) is 11.4 Å². The van der Waals surface area contributed by atoms with Crippen LogP contribution in [0.5, 0.6) is 0 Å². The average molecular weight is 308 g/mol. The van der Waals surface area contributed by atoms with Gasteiger partial charge in [-0.05, 0) is 23.7 Å². The lowest BCUT2D eigenvalue weighted by Crippen LogP contribution is -2.18. The first kappa shape index (κ1) is 12.8. The molecule has 0 radical (unpaired) electrons. The largest absolute Gasteiger partial charge is 0.274 e. The topological polar surface area (TPSA) is 117 Å². The number of nitrogens with two attached hydrogens (primary N) is 1. The summed E-state index contributed by atoms with van der Waals surface area (Å²) in [4.78, 5) is 0. The molecule has 3 aromatic rings. The quantitative estimate of drug-likeness (QED) is 0.750. The number of aromatic nitrogens is 5. The molecule has 0 unspecified atom stereocenters. The van der Waals surface area contributed by atoms with Crippen molar-refractivity contribution >= 4 is 21.6 Å². The highest BCUT2D eigenvalue weighted by molar-refractivity contribution is 7.89. The number of para-hydroxylation sites is 1. The first-order valence-electron chi connectivity index (χ1n) is 5.38. The molecule has 2 N–H and O–H groups in total. The van der Waals surface area contributed by atoms with Crippen molar-refractivity contribution in [1.29, 1.82) is 0 Å². The molecule has 20 heavy (non-hydrogen) atoms. The van der Waals surface area contributed by atoms with Gasteiger partial charge in [0.2, 0.25) is 0 Å². The van der Waals surface area contributed by atoms with Gasteiger partial charge in [-0.2, -0.15) is 0 Å². The second-order valence-corrected chi connectivity index (χ2v) is 5.88. The normalized spacial score (nSPS) is 11.7. The number of nitrogens with zero attached hydrogens (tertiary/aromatic N) is 5. The van der Waals surface area contributed by atoms with Crippen LogP contribution in [0.25, 0.3) is 17.2 Å². The van der Waals surface area contributed by atoms with Crippen LogP contribution in [0, 0.1) is 0 Å². The lowest BCUT2D eigenvalue weighted by molar-refractivity contribution is 0.585. The summed E-state index contributed by atoms with van der Waals surface area (Å²) in [7, 11) is -4.01. The predicted octanol–water partition coefficient (Wildman–Crippen LogP) is 0.433. The SMILES string of the molecule is NS(=O)(=O)c1nnc(-c2csnn2)n1-c1ccccc1. The molecule has 0 saturated heterocycles. The molecular weight excluding hydrogens is 300 g/mol. The summed E-state index contributed by atoms with van der Waals surface area (Å²) < 4.78 is 28.3. The molecule has 0 aliphatic heterocycles. The number of rotatable bonds is 3. The van der Waals surface area contributed by atoms with E-state index in [-0.39, 0.29) is 11.0 Å². The lowest BCUT2D eigenvalue weighted by Gasteiger charge is -2.07. The van der Waals surface area contributed by atoms with E-state index in [1.54, 1.807) is 29.6 Å². The Morgan fingerprint density at radius 1 is 1.10 bits per heavy atom. The van der Waals surface area contributed by atoms with Gasteiger partial charge >= 0.3 is 0 Å². The maximum atomic E-state index is 11.6. The molecule has 2 heterocycles. The van der Waals surface area contributed by atoms with Crippen LogP contribution in [-0.2, 0) is 10.0 Å². The molecule has 0 fully saturated rings. The highest BCUT2D eigenvalue weighted by Gasteiger charge is 2.24. The van der Waals surface area contributed by atoms with Crippen LogP contribution in [-0.4, -0.2) is 32.8 Å². The highest BCUT2D eigenvalue weighted by atomic mass is 32.2. The second-order valence-electron chi connectivity index (χ2n) is 3.81. The van der Waals surface area contributed by atoms with Crippen molar-refractivity contribution in [3.05, 3.63) is 35.7 Å². The molecule has 10 heteroatoms. The fraction of sp³-hybridized carbons (Fsp3) is 0. The minimum atomic E-state index is -4.01. The third-order valence-electron chi connectivity index (χ3n) is 2.49. The van der Waals surface area contributed by atoms with Crippen LogP contribution in [0.15, 0.2) is 40.9 Å². The Balaban J connectivity index is 2.31. The van der Waals surface area contributed by atoms with E-state index in [1.807, 2.05) is 6.07 Å². The number of hydrogen-bond acceptors (Lipinski definition) is 7. The zero-order valence-corrected chi connectivity index (χ0v) is 11.5. The Morgan fingerprint density at radius 3 is 2.45 bits per heavy atom. The van der Waals surface area contributed by atoms with E-state index in [0.717, 1.165) is 11.5 Å². The Kier molecular flexibility index (Phi) is 3.04. The van der Waals surface area contributed by atoms with Crippen molar-refractivity contribution in [3.63, 3.8) is 0 Å². The number of sulfonamides is 1. The van der Waals surface area contributed by atoms with Crippen LogP contribution in [0.2, 0.25) is 0 Å². The van der Waals surface area contributed by atoms with Crippen LogP contribution >= 0.6 is 11.5 Å². The van der Waals surface area contributed by atoms with E-state index in [2.05, 4.69) is 19.8 Å². The van der Waals surface area contributed by atoms with Crippen molar-refractivity contribution in [3.8, 4) is 17.2 Å². The van der Waals surface area contributed by atoms with Gasteiger partial charge in [-0.3, -0.25) is 4.57 Å². The minimum Gasteiger partial charge on any atom is -0.263 e. The molecule has 1 aromatic carbocycles. The number of primary sulfonamides is 1. The Hall–Kier alpha value is -2.17. The second kappa shape index (κ2) is 4.74. The monoisotopic (exact) mass is 308 g/mol. The van der Waals surface area contributed by atoms with E-state index in [1.165, 1.54) is 4.57 Å². The van der Waals surface area contributed by atoms with Crippen LogP contribution in [0.3, 0.4) is 0 Å². The zero-order valence-electron chi connectivity index (χ0n) is 9.91. The van der Waals surface area contributed by atoms with Crippen LogP contribution in [0.1, 0.15) is 0 Å². The summed E-state index contributed by atoms with van der Waals surface area (Å²) in [6, 6.07) is 8.80. The van der Waals surface area contributed by atoms with E-state index >= 15 is 0 Å². The van der Waals surface area contributed by atoms with Crippen molar-refractivity contribution in [1.82, 2.24) is 24.4 Å².